The van der Waals surface area contributed by atoms with Crippen molar-refractivity contribution in [3.63, 3.8) is 0 Å². The minimum absolute atomic E-state index is 0.376. The maximum Gasteiger partial charge on any atom is 0.236 e. The van der Waals surface area contributed by atoms with E-state index in [1.807, 2.05) is 109 Å². The van der Waals surface area contributed by atoms with Gasteiger partial charge in [-0.05, 0) is 109 Å². The summed E-state index contributed by atoms with van der Waals surface area (Å²) in [6.45, 7) is 0. The highest BCUT2D eigenvalue weighted by Gasteiger charge is 2.19. The van der Waals surface area contributed by atoms with E-state index >= 15 is 0 Å². The summed E-state index contributed by atoms with van der Waals surface area (Å²) >= 11 is 0. The highest BCUT2D eigenvalue weighted by atomic mass is 19.1. The lowest BCUT2D eigenvalue weighted by molar-refractivity contribution is 0.621. The summed E-state index contributed by atoms with van der Waals surface area (Å²) in [5.74, 6) is -0.113. The van der Waals surface area contributed by atoms with Crippen molar-refractivity contribution in [2.24, 2.45) is 15.0 Å². The lowest BCUT2D eigenvalue weighted by atomic mass is 10.2. The monoisotopic (exact) mass is 762 g/mol. The van der Waals surface area contributed by atoms with Crippen LogP contribution in [0.1, 0.15) is 17.1 Å². The number of nitrogens with zero attached hydrogens (tertiary/aromatic N) is 12. The molecule has 0 aliphatic rings. The SMILES string of the molecule is CN(c1ccc(N=Cc2ccc(F)cn2)cc1)c1nc(N(C)c2ccc(N=Cc3ccc(F)cn3)cc2)nc(N(C)c2ccc(N=Cc3ccc(F)cn3)cc2)n1. The summed E-state index contributed by atoms with van der Waals surface area (Å²) in [7, 11) is 5.57. The Kier molecular flexibility index (Phi) is 11.4. The number of rotatable bonds is 12. The maximum absolute atomic E-state index is 13.3. The van der Waals surface area contributed by atoms with Crippen molar-refractivity contribution in [2.75, 3.05) is 35.8 Å². The predicted octanol–water partition coefficient (Wildman–Crippen LogP) is 9.03. The molecule has 0 radical (unpaired) electrons. The van der Waals surface area contributed by atoms with Gasteiger partial charge in [-0.2, -0.15) is 15.0 Å². The summed E-state index contributed by atoms with van der Waals surface area (Å²) in [6, 6.07) is 31.1. The number of aliphatic imine (C=N–C) groups is 3. The number of benzene rings is 3. The molecule has 0 aliphatic heterocycles. The summed E-state index contributed by atoms with van der Waals surface area (Å²) in [4.78, 5) is 45.6. The average Bonchev–Trinajstić information content (AvgIpc) is 3.25. The molecule has 0 atom stereocenters. The predicted molar refractivity (Wildman–Crippen MR) is 218 cm³/mol. The molecule has 282 valence electrons. The molecular weight excluding hydrogens is 730 g/mol. The molecule has 0 spiro atoms. The average molecular weight is 763 g/mol. The van der Waals surface area contributed by atoms with Crippen molar-refractivity contribution < 1.29 is 13.2 Å². The van der Waals surface area contributed by atoms with Gasteiger partial charge in [0.25, 0.3) is 0 Å². The zero-order valence-electron chi connectivity index (χ0n) is 30.9. The molecule has 3 aromatic carbocycles. The summed E-state index contributed by atoms with van der Waals surface area (Å²) in [5.41, 5.74) is 6.00. The molecule has 4 heterocycles. The van der Waals surface area contributed by atoms with Gasteiger partial charge in [-0.1, -0.05) is 0 Å². The van der Waals surface area contributed by atoms with E-state index < -0.39 is 17.5 Å². The maximum atomic E-state index is 13.3. The van der Waals surface area contributed by atoms with Crippen molar-refractivity contribution >= 4 is 70.6 Å². The Hall–Kier alpha value is -7.68. The molecule has 0 N–H and O–H groups in total. The van der Waals surface area contributed by atoms with Crippen LogP contribution in [-0.4, -0.2) is 69.7 Å². The Morgan fingerprint density at radius 3 is 0.877 bits per heavy atom. The third-order valence-corrected chi connectivity index (χ3v) is 8.50. The largest absolute Gasteiger partial charge is 0.313 e. The van der Waals surface area contributed by atoms with Crippen molar-refractivity contribution in [3.05, 3.63) is 162 Å². The Bertz CT molecular complexity index is 2220. The second kappa shape index (κ2) is 17.2. The highest BCUT2D eigenvalue weighted by molar-refractivity contribution is 5.81. The van der Waals surface area contributed by atoms with Crippen molar-refractivity contribution in [1.82, 2.24) is 29.9 Å². The highest BCUT2D eigenvalue weighted by Crippen LogP contribution is 2.31. The van der Waals surface area contributed by atoms with Gasteiger partial charge in [0, 0.05) is 38.2 Å². The van der Waals surface area contributed by atoms with Gasteiger partial charge in [0.2, 0.25) is 17.8 Å². The number of anilines is 6. The van der Waals surface area contributed by atoms with E-state index in [0.29, 0.717) is 52.0 Å². The van der Waals surface area contributed by atoms with E-state index in [4.69, 9.17) is 15.0 Å². The normalized spacial score (nSPS) is 11.5. The van der Waals surface area contributed by atoms with Crippen LogP contribution in [0.4, 0.5) is 65.1 Å². The van der Waals surface area contributed by atoms with Crippen molar-refractivity contribution in [2.45, 2.75) is 0 Å². The zero-order chi connectivity index (χ0) is 39.7. The van der Waals surface area contributed by atoms with Gasteiger partial charge in [0.1, 0.15) is 17.5 Å². The van der Waals surface area contributed by atoms with E-state index in [1.165, 1.54) is 18.2 Å². The third-order valence-electron chi connectivity index (χ3n) is 8.50. The zero-order valence-corrected chi connectivity index (χ0v) is 30.9. The van der Waals surface area contributed by atoms with Crippen LogP contribution in [0.25, 0.3) is 0 Å². The van der Waals surface area contributed by atoms with E-state index in [1.54, 1.807) is 36.8 Å². The van der Waals surface area contributed by atoms with Gasteiger partial charge >= 0.3 is 0 Å². The number of hydrogen-bond donors (Lipinski definition) is 0. The van der Waals surface area contributed by atoms with Gasteiger partial charge in [0.05, 0.1) is 71.4 Å². The fraction of sp³-hybridized carbons (Fsp3) is 0.0714. The number of aromatic nitrogens is 6. The first-order valence-corrected chi connectivity index (χ1v) is 17.4. The molecule has 15 heteroatoms. The number of hydrogen-bond acceptors (Lipinski definition) is 12. The molecule has 7 aromatic rings. The minimum atomic E-state index is -0.414. The second-order valence-electron chi connectivity index (χ2n) is 12.4. The molecule has 0 bridgehead atoms. The Labute approximate surface area is 326 Å². The summed E-state index contributed by atoms with van der Waals surface area (Å²) < 4.78 is 39.8. The van der Waals surface area contributed by atoms with Crippen LogP contribution in [0.15, 0.2) is 143 Å². The molecule has 57 heavy (non-hydrogen) atoms. The molecule has 0 saturated carbocycles. The molecule has 0 aliphatic carbocycles. The van der Waals surface area contributed by atoms with Crippen LogP contribution in [-0.2, 0) is 0 Å². The Morgan fingerprint density at radius 2 is 0.649 bits per heavy atom. The first-order valence-electron chi connectivity index (χ1n) is 17.4. The molecule has 0 saturated heterocycles. The molecule has 12 nitrogen and oxygen atoms in total. The second-order valence-corrected chi connectivity index (χ2v) is 12.4. The molecule has 7 rings (SSSR count). The van der Waals surface area contributed by atoms with E-state index in [0.717, 1.165) is 35.7 Å². The van der Waals surface area contributed by atoms with Crippen LogP contribution < -0.4 is 14.7 Å². The minimum Gasteiger partial charge on any atom is -0.313 e. The quantitative estimate of drug-likeness (QED) is 0.112. The Balaban J connectivity index is 1.15. The topological polar surface area (TPSA) is 124 Å². The van der Waals surface area contributed by atoms with Gasteiger partial charge in [-0.3, -0.25) is 29.9 Å². The van der Waals surface area contributed by atoms with Crippen LogP contribution in [0.3, 0.4) is 0 Å². The fourth-order valence-electron chi connectivity index (χ4n) is 5.24. The van der Waals surface area contributed by atoms with E-state index in [-0.39, 0.29) is 0 Å². The fourth-order valence-corrected chi connectivity index (χ4v) is 5.24. The van der Waals surface area contributed by atoms with Gasteiger partial charge in [-0.25, -0.2) is 13.2 Å². The molecular formula is C42H33F3N12. The lowest BCUT2D eigenvalue weighted by Crippen LogP contribution is -2.22. The lowest BCUT2D eigenvalue weighted by Gasteiger charge is -2.25. The molecule has 0 unspecified atom stereocenters. The van der Waals surface area contributed by atoms with Crippen molar-refractivity contribution in [3.8, 4) is 0 Å². The summed E-state index contributed by atoms with van der Waals surface area (Å²) in [5, 5.41) is 0. The molecule has 4 aromatic heterocycles. The van der Waals surface area contributed by atoms with Crippen LogP contribution >= 0.6 is 0 Å². The smallest absolute Gasteiger partial charge is 0.236 e. The standard InChI is InChI=1S/C42H33F3N12/c1-55(37-16-10-31(11-17-37)49-25-34-7-4-28(43)22-46-34)40-52-41(56(2)38-18-12-32(13-19-38)50-26-35-8-5-29(44)23-47-35)54-42(53-40)57(3)39-20-14-33(15-21-39)51-27-36-9-6-30(45)24-48-36/h4-27H,1-3H3. The van der Waals surface area contributed by atoms with E-state index in [9.17, 15) is 13.2 Å². The first-order chi connectivity index (χ1) is 27.7. The van der Waals surface area contributed by atoms with Crippen LogP contribution in [0, 0.1) is 17.5 Å². The molecule has 0 amide bonds. The van der Waals surface area contributed by atoms with Gasteiger partial charge in [0.15, 0.2) is 0 Å². The van der Waals surface area contributed by atoms with Crippen LogP contribution in [0.2, 0.25) is 0 Å². The van der Waals surface area contributed by atoms with E-state index in [2.05, 4.69) is 29.9 Å². The first kappa shape index (κ1) is 37.6. The number of pyridine rings is 3. The molecule has 0 fully saturated rings. The van der Waals surface area contributed by atoms with Crippen molar-refractivity contribution in [1.29, 1.82) is 0 Å². The van der Waals surface area contributed by atoms with Gasteiger partial charge in [-0.15, -0.1) is 0 Å². The van der Waals surface area contributed by atoms with Crippen LogP contribution in [0.5, 0.6) is 0 Å². The third kappa shape index (κ3) is 9.71. The summed E-state index contributed by atoms with van der Waals surface area (Å²) in [6.07, 6.45) is 8.13. The Morgan fingerprint density at radius 1 is 0.386 bits per heavy atom. The van der Waals surface area contributed by atoms with Gasteiger partial charge < -0.3 is 14.7 Å². The number of halogens is 3.